The van der Waals surface area contributed by atoms with Crippen molar-refractivity contribution in [3.05, 3.63) is 24.3 Å². The molecule has 0 radical (unpaired) electrons. The van der Waals surface area contributed by atoms with E-state index in [0.29, 0.717) is 18.0 Å². The van der Waals surface area contributed by atoms with Crippen LogP contribution in [0.2, 0.25) is 0 Å². The summed E-state index contributed by atoms with van der Waals surface area (Å²) in [6.45, 7) is 9.00. The van der Waals surface area contributed by atoms with E-state index in [-0.39, 0.29) is 0 Å². The number of ether oxygens (including phenoxy) is 1. The predicted octanol–water partition coefficient (Wildman–Crippen LogP) is 2.91. The lowest BCUT2D eigenvalue weighted by Crippen LogP contribution is -2.58. The van der Waals surface area contributed by atoms with E-state index in [9.17, 15) is 0 Å². The topological polar surface area (TPSA) is 24.5 Å². The summed E-state index contributed by atoms with van der Waals surface area (Å²) in [5.74, 6) is 1.59. The van der Waals surface area contributed by atoms with Gasteiger partial charge in [-0.2, -0.15) is 0 Å². The predicted molar refractivity (Wildman–Crippen MR) is 81.0 cm³/mol. The lowest BCUT2D eigenvalue weighted by molar-refractivity contribution is 0.325. The summed E-state index contributed by atoms with van der Waals surface area (Å²) in [4.78, 5) is 2.54. The number of rotatable bonds is 4. The Balaban J connectivity index is 2.16. The molecule has 0 bridgehead atoms. The van der Waals surface area contributed by atoms with Crippen molar-refractivity contribution in [3.63, 3.8) is 0 Å². The zero-order chi connectivity index (χ0) is 13.8. The van der Waals surface area contributed by atoms with Crippen molar-refractivity contribution in [3.8, 4) is 5.75 Å². The van der Waals surface area contributed by atoms with Crippen molar-refractivity contribution in [1.82, 2.24) is 5.32 Å². The van der Waals surface area contributed by atoms with Crippen LogP contribution in [0, 0.1) is 5.92 Å². The standard InChI is InChI=1S/C16H26N2O/c1-5-13-10-17-16(12(2)3)11-18(13)14-6-8-15(19-4)9-7-14/h6-9,12-13,16-17H,5,10-11H2,1-4H3. The maximum absolute atomic E-state index is 5.24. The Morgan fingerprint density at radius 3 is 2.53 bits per heavy atom. The van der Waals surface area contributed by atoms with Gasteiger partial charge >= 0.3 is 0 Å². The summed E-state index contributed by atoms with van der Waals surface area (Å²) >= 11 is 0. The Labute approximate surface area is 116 Å². The van der Waals surface area contributed by atoms with Crippen LogP contribution < -0.4 is 15.0 Å². The fraction of sp³-hybridized carbons (Fsp3) is 0.625. The number of benzene rings is 1. The maximum Gasteiger partial charge on any atom is 0.119 e. The van der Waals surface area contributed by atoms with Crippen LogP contribution in [0.4, 0.5) is 5.69 Å². The molecule has 0 aromatic heterocycles. The maximum atomic E-state index is 5.24. The molecule has 3 nitrogen and oxygen atoms in total. The van der Waals surface area contributed by atoms with Crippen LogP contribution in [0.5, 0.6) is 5.75 Å². The molecule has 0 spiro atoms. The van der Waals surface area contributed by atoms with Gasteiger partial charge in [0.2, 0.25) is 0 Å². The minimum atomic E-state index is 0.574. The number of piperazine rings is 1. The molecule has 19 heavy (non-hydrogen) atoms. The summed E-state index contributed by atoms with van der Waals surface area (Å²) in [7, 11) is 1.71. The van der Waals surface area contributed by atoms with Gasteiger partial charge in [-0.05, 0) is 36.6 Å². The van der Waals surface area contributed by atoms with Crippen LogP contribution >= 0.6 is 0 Å². The van der Waals surface area contributed by atoms with Crippen LogP contribution in [-0.2, 0) is 0 Å². The Morgan fingerprint density at radius 1 is 1.32 bits per heavy atom. The number of hydrogen-bond acceptors (Lipinski definition) is 3. The van der Waals surface area contributed by atoms with Crippen molar-refractivity contribution in [1.29, 1.82) is 0 Å². The number of nitrogens with one attached hydrogen (secondary N) is 1. The van der Waals surface area contributed by atoms with Crippen molar-refractivity contribution in [2.75, 3.05) is 25.1 Å². The van der Waals surface area contributed by atoms with Gasteiger partial charge in [-0.25, -0.2) is 0 Å². The molecule has 2 rings (SSSR count). The van der Waals surface area contributed by atoms with Gasteiger partial charge in [-0.1, -0.05) is 20.8 Å². The van der Waals surface area contributed by atoms with Gasteiger partial charge in [0.05, 0.1) is 7.11 Å². The quantitative estimate of drug-likeness (QED) is 0.903. The third-order valence-corrected chi connectivity index (χ3v) is 4.13. The Bertz CT molecular complexity index is 388. The highest BCUT2D eigenvalue weighted by Crippen LogP contribution is 2.25. The van der Waals surface area contributed by atoms with Crippen molar-refractivity contribution >= 4 is 5.69 Å². The van der Waals surface area contributed by atoms with E-state index in [2.05, 4.69) is 55.3 Å². The van der Waals surface area contributed by atoms with Crippen LogP contribution in [0.3, 0.4) is 0 Å². The second kappa shape index (κ2) is 6.29. The first-order chi connectivity index (χ1) is 9.15. The van der Waals surface area contributed by atoms with Crippen molar-refractivity contribution < 1.29 is 4.74 Å². The van der Waals surface area contributed by atoms with Gasteiger partial charge in [-0.3, -0.25) is 0 Å². The number of nitrogens with zero attached hydrogens (tertiary/aromatic N) is 1. The molecule has 1 fully saturated rings. The number of anilines is 1. The minimum absolute atomic E-state index is 0.574. The van der Waals surface area contributed by atoms with Crippen molar-refractivity contribution in [2.45, 2.75) is 39.3 Å². The SMILES string of the molecule is CCC1CNC(C(C)C)CN1c1ccc(OC)cc1. The van der Waals surface area contributed by atoms with Crippen LogP contribution in [-0.4, -0.2) is 32.3 Å². The van der Waals surface area contributed by atoms with E-state index < -0.39 is 0 Å². The lowest BCUT2D eigenvalue weighted by Gasteiger charge is -2.43. The molecule has 1 aliphatic rings. The zero-order valence-electron chi connectivity index (χ0n) is 12.5. The average molecular weight is 262 g/mol. The molecule has 3 heteroatoms. The molecule has 1 aromatic carbocycles. The molecule has 1 saturated heterocycles. The lowest BCUT2D eigenvalue weighted by atomic mass is 9.98. The molecule has 106 valence electrons. The molecule has 0 aliphatic carbocycles. The number of methoxy groups -OCH3 is 1. The number of hydrogen-bond donors (Lipinski definition) is 1. The molecule has 2 unspecified atom stereocenters. The first kappa shape index (κ1) is 14.2. The fourth-order valence-corrected chi connectivity index (χ4v) is 2.72. The Morgan fingerprint density at radius 2 is 2.00 bits per heavy atom. The average Bonchev–Trinajstić information content (AvgIpc) is 2.46. The van der Waals surface area contributed by atoms with Gasteiger partial charge < -0.3 is 15.0 Å². The van der Waals surface area contributed by atoms with Gasteiger partial charge in [0.15, 0.2) is 0 Å². The summed E-state index contributed by atoms with van der Waals surface area (Å²) in [6.07, 6.45) is 1.17. The molecular weight excluding hydrogens is 236 g/mol. The summed E-state index contributed by atoms with van der Waals surface area (Å²) in [5, 5.41) is 3.68. The van der Waals surface area contributed by atoms with Gasteiger partial charge in [0.1, 0.15) is 5.75 Å². The smallest absolute Gasteiger partial charge is 0.119 e. The van der Waals surface area contributed by atoms with E-state index in [4.69, 9.17) is 4.74 Å². The highest BCUT2D eigenvalue weighted by molar-refractivity contribution is 5.50. The first-order valence-corrected chi connectivity index (χ1v) is 7.29. The van der Waals surface area contributed by atoms with E-state index >= 15 is 0 Å². The van der Waals surface area contributed by atoms with E-state index in [0.717, 1.165) is 18.8 Å². The van der Waals surface area contributed by atoms with Crippen LogP contribution in [0.25, 0.3) is 0 Å². The Hall–Kier alpha value is -1.22. The van der Waals surface area contributed by atoms with E-state index in [1.165, 1.54) is 12.1 Å². The highest BCUT2D eigenvalue weighted by atomic mass is 16.5. The van der Waals surface area contributed by atoms with Gasteiger partial charge in [0.25, 0.3) is 0 Å². The molecule has 2 atom stereocenters. The monoisotopic (exact) mass is 262 g/mol. The molecule has 1 heterocycles. The van der Waals surface area contributed by atoms with E-state index in [1.54, 1.807) is 7.11 Å². The molecular formula is C16H26N2O. The normalized spacial score (nSPS) is 23.7. The molecule has 1 aliphatic heterocycles. The molecule has 1 N–H and O–H groups in total. The second-order valence-corrected chi connectivity index (χ2v) is 5.67. The van der Waals surface area contributed by atoms with E-state index in [1.807, 2.05) is 0 Å². The van der Waals surface area contributed by atoms with Gasteiger partial charge in [-0.15, -0.1) is 0 Å². The second-order valence-electron chi connectivity index (χ2n) is 5.67. The fourth-order valence-electron chi connectivity index (χ4n) is 2.72. The van der Waals surface area contributed by atoms with Crippen LogP contribution in [0.1, 0.15) is 27.2 Å². The third-order valence-electron chi connectivity index (χ3n) is 4.13. The molecule has 0 amide bonds. The highest BCUT2D eigenvalue weighted by Gasteiger charge is 2.28. The summed E-state index contributed by atoms with van der Waals surface area (Å²) in [5.41, 5.74) is 1.31. The minimum Gasteiger partial charge on any atom is -0.497 e. The Kier molecular flexibility index (Phi) is 4.70. The van der Waals surface area contributed by atoms with Crippen LogP contribution in [0.15, 0.2) is 24.3 Å². The molecule has 0 saturated carbocycles. The van der Waals surface area contributed by atoms with Crippen molar-refractivity contribution in [2.24, 2.45) is 5.92 Å². The molecule has 1 aromatic rings. The summed E-state index contributed by atoms with van der Waals surface area (Å²) in [6, 6.07) is 9.60. The largest absolute Gasteiger partial charge is 0.497 e. The van der Waals surface area contributed by atoms with Gasteiger partial charge in [0, 0.05) is 30.9 Å². The third kappa shape index (κ3) is 3.21. The zero-order valence-corrected chi connectivity index (χ0v) is 12.5. The summed E-state index contributed by atoms with van der Waals surface area (Å²) < 4.78 is 5.24. The first-order valence-electron chi connectivity index (χ1n) is 7.29.